The third kappa shape index (κ3) is 5.85. The molecule has 1 saturated heterocycles. The molecule has 2 N–H and O–H groups in total. The summed E-state index contributed by atoms with van der Waals surface area (Å²) < 4.78 is 33.6. The van der Waals surface area contributed by atoms with Crippen LogP contribution in [0.3, 0.4) is 0 Å². The van der Waals surface area contributed by atoms with E-state index in [-0.39, 0.29) is 35.7 Å². The normalized spacial score (nSPS) is 16.8. The van der Waals surface area contributed by atoms with Crippen LogP contribution in [0.5, 0.6) is 5.75 Å². The number of rotatable bonds is 9. The number of aromatic nitrogens is 5. The van der Waals surface area contributed by atoms with Crippen LogP contribution in [0.25, 0.3) is 5.65 Å². The SMILES string of the molecule is CCOc1cn(C)cc(C(=O)N[C@H]2C[C@H](c3ccccn3)N(c3ccc4ncc(C(=O)NCC(F)F)n4n3)C2)c1=O. The van der Waals surface area contributed by atoms with Gasteiger partial charge in [0.15, 0.2) is 17.1 Å². The molecule has 214 valence electrons. The highest BCUT2D eigenvalue weighted by atomic mass is 19.3. The molecule has 0 radical (unpaired) electrons. The van der Waals surface area contributed by atoms with Crippen LogP contribution in [0.1, 0.15) is 45.9 Å². The number of pyridine rings is 2. The first kappa shape index (κ1) is 27.7. The fraction of sp³-hybridized carbons (Fsp3) is 0.333. The Bertz CT molecular complexity index is 1620. The number of nitrogens with zero attached hydrogens (tertiary/aromatic N) is 6. The van der Waals surface area contributed by atoms with Gasteiger partial charge in [0.05, 0.1) is 31.1 Å². The zero-order valence-electron chi connectivity index (χ0n) is 22.3. The summed E-state index contributed by atoms with van der Waals surface area (Å²) in [6, 6.07) is 8.22. The van der Waals surface area contributed by atoms with E-state index in [4.69, 9.17) is 4.74 Å². The quantitative estimate of drug-likeness (QED) is 0.314. The first-order valence-corrected chi connectivity index (χ1v) is 13.0. The molecule has 41 heavy (non-hydrogen) atoms. The van der Waals surface area contributed by atoms with Gasteiger partial charge in [-0.05, 0) is 37.6 Å². The zero-order chi connectivity index (χ0) is 29.1. The second kappa shape index (κ2) is 11.7. The molecule has 0 unspecified atom stereocenters. The Morgan fingerprint density at radius 1 is 1.15 bits per heavy atom. The lowest BCUT2D eigenvalue weighted by Crippen LogP contribution is -2.39. The summed E-state index contributed by atoms with van der Waals surface area (Å²) in [5.74, 6) is -0.714. The summed E-state index contributed by atoms with van der Waals surface area (Å²) >= 11 is 0. The van der Waals surface area contributed by atoms with Gasteiger partial charge in [-0.25, -0.2) is 18.3 Å². The average molecular weight is 567 g/mol. The van der Waals surface area contributed by atoms with E-state index in [0.717, 1.165) is 5.69 Å². The minimum Gasteiger partial charge on any atom is -0.488 e. The molecule has 0 spiro atoms. The molecule has 2 atom stereocenters. The van der Waals surface area contributed by atoms with Crippen molar-refractivity contribution in [2.45, 2.75) is 31.9 Å². The van der Waals surface area contributed by atoms with Gasteiger partial charge in [0.25, 0.3) is 18.2 Å². The zero-order valence-corrected chi connectivity index (χ0v) is 22.3. The molecule has 0 aliphatic carbocycles. The monoisotopic (exact) mass is 566 g/mol. The number of imidazole rings is 1. The summed E-state index contributed by atoms with van der Waals surface area (Å²) in [7, 11) is 1.70. The molecule has 5 heterocycles. The molecule has 0 bridgehead atoms. The van der Waals surface area contributed by atoms with Crippen LogP contribution in [0, 0.1) is 0 Å². The highest BCUT2D eigenvalue weighted by Crippen LogP contribution is 2.34. The number of amides is 2. The van der Waals surface area contributed by atoms with Gasteiger partial charge in [-0.1, -0.05) is 6.07 Å². The predicted octanol–water partition coefficient (Wildman–Crippen LogP) is 1.97. The Morgan fingerprint density at radius 3 is 2.71 bits per heavy atom. The van der Waals surface area contributed by atoms with E-state index < -0.39 is 30.2 Å². The number of anilines is 1. The average Bonchev–Trinajstić information content (AvgIpc) is 3.58. The molecular formula is C27H28F2N8O4. The number of fused-ring (bicyclic) bond motifs is 1. The molecule has 4 aromatic heterocycles. The number of halogens is 2. The van der Waals surface area contributed by atoms with Gasteiger partial charge >= 0.3 is 0 Å². The van der Waals surface area contributed by atoms with Gasteiger partial charge in [-0.15, -0.1) is 5.10 Å². The Kier molecular flexibility index (Phi) is 7.90. The molecular weight excluding hydrogens is 538 g/mol. The van der Waals surface area contributed by atoms with Crippen molar-refractivity contribution >= 4 is 23.3 Å². The van der Waals surface area contributed by atoms with Gasteiger partial charge < -0.3 is 24.8 Å². The van der Waals surface area contributed by atoms with Gasteiger partial charge in [-0.2, -0.15) is 0 Å². The summed E-state index contributed by atoms with van der Waals surface area (Å²) in [4.78, 5) is 49.2. The van der Waals surface area contributed by atoms with Crippen molar-refractivity contribution < 1.29 is 23.1 Å². The third-order valence-corrected chi connectivity index (χ3v) is 6.62. The molecule has 0 saturated carbocycles. The van der Waals surface area contributed by atoms with Crippen molar-refractivity contribution in [1.29, 1.82) is 0 Å². The first-order valence-electron chi connectivity index (χ1n) is 13.0. The van der Waals surface area contributed by atoms with E-state index in [9.17, 15) is 23.2 Å². The van der Waals surface area contributed by atoms with Crippen molar-refractivity contribution in [3.8, 4) is 5.75 Å². The van der Waals surface area contributed by atoms with E-state index in [1.807, 2.05) is 17.0 Å². The lowest BCUT2D eigenvalue weighted by atomic mass is 10.1. The number of hydrogen-bond donors (Lipinski definition) is 2. The number of alkyl halides is 2. The lowest BCUT2D eigenvalue weighted by molar-refractivity contribution is 0.0884. The highest BCUT2D eigenvalue weighted by molar-refractivity contribution is 5.94. The first-order chi connectivity index (χ1) is 19.7. The maximum Gasteiger partial charge on any atom is 0.271 e. The van der Waals surface area contributed by atoms with Crippen LogP contribution in [0.4, 0.5) is 14.6 Å². The largest absolute Gasteiger partial charge is 0.488 e. The van der Waals surface area contributed by atoms with Gasteiger partial charge in [0.2, 0.25) is 5.43 Å². The fourth-order valence-electron chi connectivity index (χ4n) is 4.84. The molecule has 2 amide bonds. The molecule has 4 aromatic rings. The van der Waals surface area contributed by atoms with E-state index >= 15 is 0 Å². The molecule has 1 aliphatic rings. The Morgan fingerprint density at radius 2 is 1.98 bits per heavy atom. The molecule has 1 fully saturated rings. The number of carbonyl (C=O) groups excluding carboxylic acids is 2. The van der Waals surface area contributed by atoms with Gasteiger partial charge in [0, 0.05) is 38.2 Å². The summed E-state index contributed by atoms with van der Waals surface area (Å²) in [6.07, 6.45) is 3.68. The second-order valence-corrected chi connectivity index (χ2v) is 9.50. The van der Waals surface area contributed by atoms with Crippen molar-refractivity contribution in [3.63, 3.8) is 0 Å². The Balaban J connectivity index is 1.44. The summed E-state index contributed by atoms with van der Waals surface area (Å²) in [5.41, 5.74) is 0.568. The number of aryl methyl sites for hydroxylation is 1. The van der Waals surface area contributed by atoms with Crippen LogP contribution in [-0.4, -0.2) is 68.1 Å². The minimum absolute atomic E-state index is 0.00552. The van der Waals surface area contributed by atoms with Crippen molar-refractivity contribution in [1.82, 2.24) is 34.8 Å². The smallest absolute Gasteiger partial charge is 0.271 e. The van der Waals surface area contributed by atoms with Gasteiger partial charge in [0.1, 0.15) is 11.4 Å². The maximum atomic E-state index is 13.2. The maximum absolute atomic E-state index is 13.2. The van der Waals surface area contributed by atoms with Crippen molar-refractivity contribution in [2.75, 3.05) is 24.6 Å². The summed E-state index contributed by atoms with van der Waals surface area (Å²) in [6.45, 7) is 1.56. The van der Waals surface area contributed by atoms with Crippen LogP contribution < -0.4 is 25.7 Å². The number of nitrogens with one attached hydrogen (secondary N) is 2. The molecule has 0 aromatic carbocycles. The predicted molar refractivity (Wildman–Crippen MR) is 144 cm³/mol. The number of carbonyl (C=O) groups is 2. The van der Waals surface area contributed by atoms with E-state index in [0.29, 0.717) is 24.4 Å². The highest BCUT2D eigenvalue weighted by Gasteiger charge is 2.36. The lowest BCUT2D eigenvalue weighted by Gasteiger charge is -2.25. The second-order valence-electron chi connectivity index (χ2n) is 9.50. The van der Waals surface area contributed by atoms with Gasteiger partial charge in [-0.3, -0.25) is 19.4 Å². The molecule has 12 nitrogen and oxygen atoms in total. The van der Waals surface area contributed by atoms with Crippen LogP contribution in [0.2, 0.25) is 0 Å². The van der Waals surface area contributed by atoms with Crippen molar-refractivity contribution in [2.24, 2.45) is 7.05 Å². The fourth-order valence-corrected chi connectivity index (χ4v) is 4.84. The van der Waals surface area contributed by atoms with Crippen LogP contribution in [0.15, 0.2) is 59.9 Å². The minimum atomic E-state index is -2.70. The Hall–Kier alpha value is -4.88. The topological polar surface area (TPSA) is 136 Å². The van der Waals surface area contributed by atoms with Crippen LogP contribution in [-0.2, 0) is 7.05 Å². The van der Waals surface area contributed by atoms with E-state index in [2.05, 4.69) is 25.7 Å². The number of hydrogen-bond acceptors (Lipinski definition) is 8. The van der Waals surface area contributed by atoms with Crippen molar-refractivity contribution in [3.05, 3.63) is 82.3 Å². The van der Waals surface area contributed by atoms with E-state index in [1.54, 1.807) is 42.9 Å². The standard InChI is InChI=1S/C27H28F2N8O4/c1-3-41-21-15-35(2)14-17(25(21)38)26(39)33-16-10-19(18-6-4-5-9-30-18)36(13-16)24-8-7-23-31-11-20(37(23)34-24)27(40)32-12-22(28)29/h4-9,11,14-16,19,22H,3,10,12-13H2,1-2H3,(H,32,40)(H,33,39)/t16-,19+/m0/s1. The number of ether oxygens (including phenoxy) is 1. The molecule has 14 heteroatoms. The Labute approximate surface area is 233 Å². The van der Waals surface area contributed by atoms with Crippen LogP contribution >= 0.6 is 0 Å². The summed E-state index contributed by atoms with van der Waals surface area (Å²) in [5, 5.41) is 9.72. The third-order valence-electron chi connectivity index (χ3n) is 6.62. The molecule has 1 aliphatic heterocycles. The molecule has 5 rings (SSSR count). The van der Waals surface area contributed by atoms with E-state index in [1.165, 1.54) is 23.1 Å².